The summed E-state index contributed by atoms with van der Waals surface area (Å²) >= 11 is 0. The van der Waals surface area contributed by atoms with E-state index < -0.39 is 12.0 Å². The van der Waals surface area contributed by atoms with Crippen LogP contribution in [0.2, 0.25) is 0 Å². The number of amides is 2. The number of para-hydroxylation sites is 3. The Bertz CT molecular complexity index is 1530. The van der Waals surface area contributed by atoms with Crippen LogP contribution in [0.3, 0.4) is 0 Å². The van der Waals surface area contributed by atoms with E-state index in [1.54, 1.807) is 73.5 Å². The van der Waals surface area contributed by atoms with E-state index in [2.05, 4.69) is 5.32 Å². The molecule has 0 saturated heterocycles. The van der Waals surface area contributed by atoms with Crippen molar-refractivity contribution in [2.45, 2.75) is 33.2 Å². The molecule has 2 amide bonds. The lowest BCUT2D eigenvalue weighted by molar-refractivity contribution is 0.0526. The minimum absolute atomic E-state index is 0.252. The van der Waals surface area contributed by atoms with Crippen LogP contribution in [0.25, 0.3) is 16.6 Å². The molecule has 1 aromatic heterocycles. The summed E-state index contributed by atoms with van der Waals surface area (Å²) in [5, 5.41) is 3.37. The summed E-state index contributed by atoms with van der Waals surface area (Å²) in [6.45, 7) is 6.27. The van der Waals surface area contributed by atoms with Crippen molar-refractivity contribution in [3.05, 3.63) is 94.5 Å². The Morgan fingerprint density at radius 1 is 1.00 bits per heavy atom. The number of hydrogen-bond donors (Lipinski definition) is 1. The van der Waals surface area contributed by atoms with Gasteiger partial charge in [0.2, 0.25) is 0 Å². The largest absolute Gasteiger partial charge is 0.495 e. The van der Waals surface area contributed by atoms with Gasteiger partial charge in [0, 0.05) is 12.2 Å². The molecule has 0 fully saturated rings. The van der Waals surface area contributed by atoms with Gasteiger partial charge in [-0.1, -0.05) is 31.2 Å². The molecule has 0 radical (unpaired) electrons. The molecule has 0 bridgehead atoms. The van der Waals surface area contributed by atoms with Gasteiger partial charge in [0.25, 0.3) is 5.56 Å². The number of urea groups is 1. The zero-order chi connectivity index (χ0) is 27.9. The molecule has 0 aliphatic rings. The summed E-state index contributed by atoms with van der Waals surface area (Å²) in [4.78, 5) is 45.8. The fraction of sp³-hybridized carbons (Fsp3) is 0.267. The summed E-state index contributed by atoms with van der Waals surface area (Å²) in [5.41, 5.74) is 1.75. The molecule has 0 aliphatic carbocycles. The Balaban J connectivity index is 1.75. The number of esters is 1. The molecular weight excluding hydrogens is 496 g/mol. The summed E-state index contributed by atoms with van der Waals surface area (Å²) in [5.74, 6) is 0.496. The highest BCUT2D eigenvalue weighted by atomic mass is 16.5. The Morgan fingerprint density at radius 2 is 1.69 bits per heavy atom. The molecule has 9 nitrogen and oxygen atoms in total. The number of benzene rings is 3. The van der Waals surface area contributed by atoms with Crippen molar-refractivity contribution in [3.63, 3.8) is 0 Å². The summed E-state index contributed by atoms with van der Waals surface area (Å²) in [6.07, 6.45) is 0.687. The van der Waals surface area contributed by atoms with Gasteiger partial charge in [-0.3, -0.25) is 9.36 Å². The summed E-state index contributed by atoms with van der Waals surface area (Å²) in [7, 11) is 1.55. The SMILES string of the molecule is CCCN(C(=O)Nc1ccc(C(=O)OCC)cc1)C(C)c1nc2ccccc2c(=O)n1-c1ccccc1OC. The standard InChI is InChI=1S/C30H32N4O5/c1-5-19-33(30(37)31-22-17-15-21(16-18-22)29(36)39-6-2)20(3)27-32-24-12-8-7-11-23(24)28(35)34(27)25-13-9-10-14-26(25)38-4/h7-18,20H,5-6,19H2,1-4H3,(H,31,37). The Labute approximate surface area is 227 Å². The smallest absolute Gasteiger partial charge is 0.338 e. The second kappa shape index (κ2) is 12.3. The van der Waals surface area contributed by atoms with Crippen molar-refractivity contribution in [1.82, 2.24) is 14.5 Å². The van der Waals surface area contributed by atoms with Crippen LogP contribution >= 0.6 is 0 Å². The fourth-order valence-corrected chi connectivity index (χ4v) is 4.43. The van der Waals surface area contributed by atoms with Crippen LogP contribution in [0.15, 0.2) is 77.6 Å². The highest BCUT2D eigenvalue weighted by Crippen LogP contribution is 2.28. The number of fused-ring (bicyclic) bond motifs is 1. The average Bonchev–Trinajstić information content (AvgIpc) is 2.96. The first kappa shape index (κ1) is 27.4. The second-order valence-corrected chi connectivity index (χ2v) is 8.90. The van der Waals surface area contributed by atoms with Gasteiger partial charge in [-0.15, -0.1) is 0 Å². The number of carbonyl (C=O) groups is 2. The minimum atomic E-state index is -0.578. The second-order valence-electron chi connectivity index (χ2n) is 8.90. The lowest BCUT2D eigenvalue weighted by Crippen LogP contribution is -2.40. The van der Waals surface area contributed by atoms with Gasteiger partial charge in [0.05, 0.1) is 41.9 Å². The number of rotatable bonds is 9. The number of carbonyl (C=O) groups excluding carboxylic acids is 2. The van der Waals surface area contributed by atoms with E-state index in [1.165, 1.54) is 4.57 Å². The minimum Gasteiger partial charge on any atom is -0.495 e. The zero-order valence-corrected chi connectivity index (χ0v) is 22.5. The number of ether oxygens (including phenoxy) is 2. The molecular formula is C30H32N4O5. The molecule has 1 heterocycles. The van der Waals surface area contributed by atoms with Gasteiger partial charge in [-0.2, -0.15) is 0 Å². The molecule has 0 spiro atoms. The van der Waals surface area contributed by atoms with Crippen LogP contribution in [-0.2, 0) is 4.74 Å². The fourth-order valence-electron chi connectivity index (χ4n) is 4.43. The summed E-state index contributed by atoms with van der Waals surface area (Å²) < 4.78 is 12.1. The maximum Gasteiger partial charge on any atom is 0.338 e. The first-order chi connectivity index (χ1) is 18.9. The van der Waals surface area contributed by atoms with E-state index in [9.17, 15) is 14.4 Å². The zero-order valence-electron chi connectivity index (χ0n) is 22.5. The third kappa shape index (κ3) is 5.77. The number of methoxy groups -OCH3 is 1. The molecule has 4 aromatic rings. The van der Waals surface area contributed by atoms with Crippen LogP contribution in [0.5, 0.6) is 5.75 Å². The normalized spacial score (nSPS) is 11.6. The van der Waals surface area contributed by atoms with Crippen molar-refractivity contribution >= 4 is 28.6 Å². The molecule has 202 valence electrons. The average molecular weight is 529 g/mol. The van der Waals surface area contributed by atoms with Gasteiger partial charge < -0.3 is 19.7 Å². The molecule has 1 unspecified atom stereocenters. The van der Waals surface area contributed by atoms with Gasteiger partial charge in [-0.05, 0) is 68.8 Å². The third-order valence-corrected chi connectivity index (χ3v) is 6.34. The molecule has 39 heavy (non-hydrogen) atoms. The van der Waals surface area contributed by atoms with Crippen LogP contribution in [0.4, 0.5) is 10.5 Å². The van der Waals surface area contributed by atoms with E-state index in [0.717, 1.165) is 0 Å². The molecule has 4 rings (SSSR count). The number of nitrogens with one attached hydrogen (secondary N) is 1. The van der Waals surface area contributed by atoms with Crippen molar-refractivity contribution in [2.75, 3.05) is 25.6 Å². The van der Waals surface area contributed by atoms with Crippen LogP contribution in [0.1, 0.15) is 49.4 Å². The van der Waals surface area contributed by atoms with Crippen molar-refractivity contribution < 1.29 is 19.1 Å². The van der Waals surface area contributed by atoms with Crippen molar-refractivity contribution in [3.8, 4) is 11.4 Å². The van der Waals surface area contributed by atoms with Crippen LogP contribution < -0.4 is 15.6 Å². The third-order valence-electron chi connectivity index (χ3n) is 6.34. The van der Waals surface area contributed by atoms with Gasteiger partial charge in [0.15, 0.2) is 0 Å². The Hall–Kier alpha value is -4.66. The predicted molar refractivity (Wildman–Crippen MR) is 151 cm³/mol. The highest BCUT2D eigenvalue weighted by Gasteiger charge is 2.27. The number of anilines is 1. The Kier molecular flexibility index (Phi) is 8.60. The van der Waals surface area contributed by atoms with E-state index in [-0.39, 0.29) is 18.2 Å². The van der Waals surface area contributed by atoms with Crippen LogP contribution in [0, 0.1) is 0 Å². The van der Waals surface area contributed by atoms with Gasteiger partial charge in [0.1, 0.15) is 11.6 Å². The Morgan fingerprint density at radius 3 is 2.38 bits per heavy atom. The van der Waals surface area contributed by atoms with Crippen molar-refractivity contribution in [1.29, 1.82) is 0 Å². The maximum atomic E-state index is 13.8. The van der Waals surface area contributed by atoms with Crippen LogP contribution in [-0.4, -0.2) is 46.7 Å². The van der Waals surface area contributed by atoms with Gasteiger partial charge in [-0.25, -0.2) is 14.6 Å². The molecule has 1 atom stereocenters. The lowest BCUT2D eigenvalue weighted by atomic mass is 10.1. The molecule has 0 saturated carbocycles. The van der Waals surface area contributed by atoms with Crippen molar-refractivity contribution in [2.24, 2.45) is 0 Å². The van der Waals surface area contributed by atoms with E-state index >= 15 is 0 Å². The highest BCUT2D eigenvalue weighted by molar-refractivity contribution is 5.92. The van der Waals surface area contributed by atoms with E-state index in [0.29, 0.717) is 52.4 Å². The number of nitrogens with zero attached hydrogens (tertiary/aromatic N) is 3. The molecule has 1 N–H and O–H groups in total. The molecule has 0 aliphatic heterocycles. The lowest BCUT2D eigenvalue weighted by Gasteiger charge is -2.30. The first-order valence-electron chi connectivity index (χ1n) is 12.9. The van der Waals surface area contributed by atoms with Gasteiger partial charge >= 0.3 is 12.0 Å². The topological polar surface area (TPSA) is 103 Å². The van der Waals surface area contributed by atoms with E-state index in [1.807, 2.05) is 32.0 Å². The monoisotopic (exact) mass is 528 g/mol. The molecule has 9 heteroatoms. The summed E-state index contributed by atoms with van der Waals surface area (Å²) in [6, 6.07) is 19.9. The number of aromatic nitrogens is 2. The maximum absolute atomic E-state index is 13.8. The first-order valence-corrected chi connectivity index (χ1v) is 12.9. The predicted octanol–water partition coefficient (Wildman–Crippen LogP) is 5.58. The number of hydrogen-bond acceptors (Lipinski definition) is 6. The van der Waals surface area contributed by atoms with E-state index in [4.69, 9.17) is 14.5 Å². The molecule has 3 aromatic carbocycles. The quantitative estimate of drug-likeness (QED) is 0.285.